The average molecular weight is 286 g/mol. The zero-order valence-corrected chi connectivity index (χ0v) is 12.8. The topological polar surface area (TPSA) is 59.8 Å². The minimum Gasteiger partial charge on any atom is -0.352 e. The fraction of sp³-hybridized carbons (Fsp3) is 0.438. The molecule has 0 aliphatic heterocycles. The summed E-state index contributed by atoms with van der Waals surface area (Å²) in [6, 6.07) is 8.05. The first-order chi connectivity index (χ1) is 9.94. The van der Waals surface area contributed by atoms with Crippen LogP contribution in [0.1, 0.15) is 38.3 Å². The van der Waals surface area contributed by atoms with E-state index in [1.807, 2.05) is 24.3 Å². The summed E-state index contributed by atoms with van der Waals surface area (Å²) < 4.78 is 1.77. The number of nitrogens with one attached hydrogen (secondary N) is 1. The molecule has 0 bridgehead atoms. The molecule has 1 aromatic carbocycles. The molecule has 5 nitrogen and oxygen atoms in total. The van der Waals surface area contributed by atoms with Gasteiger partial charge in [-0.2, -0.15) is 5.10 Å². The maximum Gasteiger partial charge on any atom is 0.220 e. The summed E-state index contributed by atoms with van der Waals surface area (Å²) in [5, 5.41) is 7.11. The zero-order valence-electron chi connectivity index (χ0n) is 12.8. The highest BCUT2D eigenvalue weighted by Gasteiger charge is 2.15. The molecule has 0 saturated carbocycles. The Labute approximate surface area is 125 Å². The molecule has 0 unspecified atom stereocenters. The highest BCUT2D eigenvalue weighted by molar-refractivity contribution is 5.76. The summed E-state index contributed by atoms with van der Waals surface area (Å²) in [6.07, 6.45) is 3.74. The number of carbonyl (C=O) groups excluding carboxylic acids is 1. The van der Waals surface area contributed by atoms with Gasteiger partial charge in [-0.05, 0) is 16.5 Å². The van der Waals surface area contributed by atoms with Gasteiger partial charge >= 0.3 is 0 Å². The van der Waals surface area contributed by atoms with Crippen LogP contribution in [-0.2, 0) is 17.9 Å². The van der Waals surface area contributed by atoms with Crippen molar-refractivity contribution in [2.45, 2.75) is 40.3 Å². The van der Waals surface area contributed by atoms with Crippen LogP contribution in [0.3, 0.4) is 0 Å². The maximum absolute atomic E-state index is 11.9. The molecule has 0 atom stereocenters. The lowest BCUT2D eigenvalue weighted by Gasteiger charge is -2.18. The van der Waals surface area contributed by atoms with Crippen molar-refractivity contribution < 1.29 is 4.79 Å². The summed E-state index contributed by atoms with van der Waals surface area (Å²) in [5.41, 5.74) is 2.25. The smallest absolute Gasteiger partial charge is 0.220 e. The molecule has 112 valence electrons. The van der Waals surface area contributed by atoms with Gasteiger partial charge in [0, 0.05) is 13.0 Å². The number of amides is 1. The van der Waals surface area contributed by atoms with Gasteiger partial charge in [0.05, 0.1) is 6.54 Å². The van der Waals surface area contributed by atoms with Crippen LogP contribution in [0, 0.1) is 5.41 Å². The second kappa shape index (κ2) is 6.52. The van der Waals surface area contributed by atoms with Gasteiger partial charge in [0.2, 0.25) is 5.91 Å². The summed E-state index contributed by atoms with van der Waals surface area (Å²) in [4.78, 5) is 15.9. The summed E-state index contributed by atoms with van der Waals surface area (Å²) in [5.74, 6) is 0.0815. The van der Waals surface area contributed by atoms with E-state index in [2.05, 4.69) is 36.2 Å². The van der Waals surface area contributed by atoms with Crippen LogP contribution in [0.5, 0.6) is 0 Å². The van der Waals surface area contributed by atoms with Crippen LogP contribution in [0.25, 0.3) is 0 Å². The lowest BCUT2D eigenvalue weighted by Crippen LogP contribution is -2.27. The molecule has 0 radical (unpaired) electrons. The van der Waals surface area contributed by atoms with E-state index in [1.54, 1.807) is 11.0 Å². The number of benzene rings is 1. The number of aromatic nitrogens is 3. The van der Waals surface area contributed by atoms with Crippen molar-refractivity contribution in [3.63, 3.8) is 0 Å². The van der Waals surface area contributed by atoms with Gasteiger partial charge in [-0.25, -0.2) is 9.67 Å². The molecule has 5 heteroatoms. The molecule has 21 heavy (non-hydrogen) atoms. The number of hydrogen-bond acceptors (Lipinski definition) is 3. The lowest BCUT2D eigenvalue weighted by molar-refractivity contribution is -0.122. The third kappa shape index (κ3) is 5.02. The molecular formula is C16H22N4O. The van der Waals surface area contributed by atoms with E-state index in [0.29, 0.717) is 19.5 Å². The molecule has 2 rings (SSSR count). The Bertz CT molecular complexity index is 585. The van der Waals surface area contributed by atoms with E-state index in [9.17, 15) is 4.79 Å². The lowest BCUT2D eigenvalue weighted by atomic mass is 9.92. The fourth-order valence-corrected chi connectivity index (χ4v) is 2.11. The standard InChI is InChI=1S/C16H22N4O/c1-16(2,3)8-15(21)18-9-13-6-4-5-7-14(13)10-20-12-17-11-19-20/h4-7,11-12H,8-10H2,1-3H3,(H,18,21). The molecule has 0 aliphatic carbocycles. The normalized spacial score (nSPS) is 11.4. The summed E-state index contributed by atoms with van der Waals surface area (Å²) in [6.45, 7) is 7.38. The summed E-state index contributed by atoms with van der Waals surface area (Å²) in [7, 11) is 0. The first-order valence-corrected chi connectivity index (χ1v) is 7.10. The van der Waals surface area contributed by atoms with Gasteiger partial charge in [-0.15, -0.1) is 0 Å². The molecule has 0 saturated heterocycles. The van der Waals surface area contributed by atoms with E-state index in [-0.39, 0.29) is 11.3 Å². The minimum absolute atomic E-state index is 0.00430. The van der Waals surface area contributed by atoms with Crippen LogP contribution in [0.4, 0.5) is 0 Å². The number of nitrogens with zero attached hydrogens (tertiary/aromatic N) is 3. The first kappa shape index (κ1) is 15.2. The summed E-state index contributed by atoms with van der Waals surface area (Å²) >= 11 is 0. The molecular weight excluding hydrogens is 264 g/mol. The first-order valence-electron chi connectivity index (χ1n) is 7.10. The Morgan fingerprint density at radius 1 is 1.24 bits per heavy atom. The van der Waals surface area contributed by atoms with Crippen molar-refractivity contribution in [1.82, 2.24) is 20.1 Å². The highest BCUT2D eigenvalue weighted by atomic mass is 16.1. The van der Waals surface area contributed by atoms with E-state index in [0.717, 1.165) is 11.1 Å². The van der Waals surface area contributed by atoms with Crippen molar-refractivity contribution in [3.8, 4) is 0 Å². The molecule has 1 N–H and O–H groups in total. The van der Waals surface area contributed by atoms with Gasteiger partial charge < -0.3 is 5.32 Å². The van der Waals surface area contributed by atoms with Crippen LogP contribution >= 0.6 is 0 Å². The van der Waals surface area contributed by atoms with Crippen LogP contribution in [-0.4, -0.2) is 20.7 Å². The highest BCUT2D eigenvalue weighted by Crippen LogP contribution is 2.18. The predicted molar refractivity (Wildman–Crippen MR) is 81.5 cm³/mol. The maximum atomic E-state index is 11.9. The monoisotopic (exact) mass is 286 g/mol. The second-order valence-electron chi connectivity index (χ2n) is 6.38. The number of rotatable bonds is 5. The molecule has 1 amide bonds. The van der Waals surface area contributed by atoms with E-state index in [1.165, 1.54) is 6.33 Å². The Balaban J connectivity index is 1.98. The van der Waals surface area contributed by atoms with Gasteiger partial charge in [-0.3, -0.25) is 4.79 Å². The van der Waals surface area contributed by atoms with Gasteiger partial charge in [0.25, 0.3) is 0 Å². The van der Waals surface area contributed by atoms with Crippen molar-refractivity contribution in [2.24, 2.45) is 5.41 Å². The third-order valence-electron chi connectivity index (χ3n) is 3.08. The SMILES string of the molecule is CC(C)(C)CC(=O)NCc1ccccc1Cn1cncn1. The Morgan fingerprint density at radius 2 is 1.95 bits per heavy atom. The average Bonchev–Trinajstić information content (AvgIpc) is 2.88. The molecule has 0 spiro atoms. The molecule has 1 heterocycles. The van der Waals surface area contributed by atoms with E-state index >= 15 is 0 Å². The van der Waals surface area contributed by atoms with Crippen LogP contribution in [0.15, 0.2) is 36.9 Å². The molecule has 0 aliphatic rings. The van der Waals surface area contributed by atoms with Gasteiger partial charge in [0.1, 0.15) is 12.7 Å². The van der Waals surface area contributed by atoms with Crippen molar-refractivity contribution in [1.29, 1.82) is 0 Å². The van der Waals surface area contributed by atoms with E-state index in [4.69, 9.17) is 0 Å². The Hall–Kier alpha value is -2.17. The van der Waals surface area contributed by atoms with Crippen molar-refractivity contribution in [3.05, 3.63) is 48.0 Å². The van der Waals surface area contributed by atoms with Gasteiger partial charge in [0.15, 0.2) is 0 Å². The van der Waals surface area contributed by atoms with Crippen LogP contribution < -0.4 is 5.32 Å². The second-order valence-corrected chi connectivity index (χ2v) is 6.38. The van der Waals surface area contributed by atoms with Crippen molar-refractivity contribution >= 4 is 5.91 Å². The number of carbonyl (C=O) groups is 1. The number of hydrogen-bond donors (Lipinski definition) is 1. The quantitative estimate of drug-likeness (QED) is 0.918. The predicted octanol–water partition coefficient (Wildman–Crippen LogP) is 2.38. The molecule has 2 aromatic rings. The van der Waals surface area contributed by atoms with Crippen LogP contribution in [0.2, 0.25) is 0 Å². The molecule has 1 aromatic heterocycles. The van der Waals surface area contributed by atoms with Crippen molar-refractivity contribution in [2.75, 3.05) is 0 Å². The fourth-order valence-electron chi connectivity index (χ4n) is 2.11. The third-order valence-corrected chi connectivity index (χ3v) is 3.08. The Morgan fingerprint density at radius 3 is 2.57 bits per heavy atom. The van der Waals surface area contributed by atoms with Gasteiger partial charge in [-0.1, -0.05) is 45.0 Å². The minimum atomic E-state index is 0.00430. The largest absolute Gasteiger partial charge is 0.352 e. The molecule has 0 fully saturated rings. The Kier molecular flexibility index (Phi) is 4.73. The van der Waals surface area contributed by atoms with E-state index < -0.39 is 0 Å². The zero-order chi connectivity index (χ0) is 15.3.